The molecule has 4 aromatic rings. The van der Waals surface area contributed by atoms with E-state index in [1.807, 2.05) is 18.2 Å². The van der Waals surface area contributed by atoms with Crippen LogP contribution in [0.1, 0.15) is 6.42 Å². The largest absolute Gasteiger partial charge is 0.493 e. The van der Waals surface area contributed by atoms with Crippen molar-refractivity contribution in [2.75, 3.05) is 43.5 Å². The highest BCUT2D eigenvalue weighted by Crippen LogP contribution is 2.27. The summed E-state index contributed by atoms with van der Waals surface area (Å²) in [6.07, 6.45) is 5.83. The van der Waals surface area contributed by atoms with Crippen LogP contribution in [-0.2, 0) is 11.3 Å². The van der Waals surface area contributed by atoms with Crippen molar-refractivity contribution in [2.45, 2.75) is 13.0 Å². The van der Waals surface area contributed by atoms with E-state index < -0.39 is 5.82 Å². The zero-order chi connectivity index (χ0) is 25.6. The third kappa shape index (κ3) is 6.38. The second kappa shape index (κ2) is 11.3. The third-order valence-electron chi connectivity index (χ3n) is 6.19. The van der Waals surface area contributed by atoms with E-state index in [4.69, 9.17) is 9.84 Å². The number of hydrogen-bond acceptors (Lipinski definition) is 8. The predicted molar refractivity (Wildman–Crippen MR) is 137 cm³/mol. The molecular weight excluding hydrogens is 477 g/mol. The van der Waals surface area contributed by atoms with Crippen LogP contribution in [0.3, 0.4) is 0 Å². The monoisotopic (exact) mass is 505 g/mol. The number of halogens is 1. The molecule has 0 bridgehead atoms. The van der Waals surface area contributed by atoms with Gasteiger partial charge >= 0.3 is 0 Å². The Morgan fingerprint density at radius 3 is 2.97 bits per heavy atom. The average Bonchev–Trinajstić information content (AvgIpc) is 3.52. The molecular formula is C26H28FN7O3. The number of hydrogen-bond donors (Lipinski definition) is 3. The molecule has 1 atom stereocenters. The molecule has 1 aliphatic rings. The van der Waals surface area contributed by atoms with E-state index >= 15 is 0 Å². The fraction of sp³-hybridized carbons (Fsp3) is 0.308. The molecule has 11 heteroatoms. The van der Waals surface area contributed by atoms with Crippen LogP contribution in [0.15, 0.2) is 61.2 Å². The van der Waals surface area contributed by atoms with Crippen molar-refractivity contribution in [3.63, 3.8) is 0 Å². The number of carbonyl (C=O) groups is 1. The molecule has 1 amide bonds. The van der Waals surface area contributed by atoms with Gasteiger partial charge in [0.25, 0.3) is 0 Å². The first-order valence-electron chi connectivity index (χ1n) is 12.1. The molecule has 1 saturated heterocycles. The Morgan fingerprint density at radius 1 is 1.19 bits per heavy atom. The Bertz CT molecular complexity index is 1380. The van der Waals surface area contributed by atoms with Gasteiger partial charge in [0, 0.05) is 42.3 Å². The molecule has 0 radical (unpaired) electrons. The molecule has 0 saturated carbocycles. The molecule has 1 fully saturated rings. The summed E-state index contributed by atoms with van der Waals surface area (Å²) < 4.78 is 20.8. The minimum atomic E-state index is -0.418. The number of aromatic nitrogens is 4. The lowest BCUT2D eigenvalue weighted by Crippen LogP contribution is -2.25. The molecule has 2 aromatic carbocycles. The van der Waals surface area contributed by atoms with Crippen LogP contribution in [0.5, 0.6) is 5.75 Å². The molecule has 5 rings (SSSR count). The number of aliphatic hydroxyl groups excluding tert-OH is 1. The number of carbonyl (C=O) groups excluding carboxylic acids is 1. The van der Waals surface area contributed by atoms with Crippen molar-refractivity contribution in [3.05, 3.63) is 67.0 Å². The number of rotatable bonds is 10. The number of nitrogens with one attached hydrogen (secondary N) is 2. The first-order valence-corrected chi connectivity index (χ1v) is 12.1. The summed E-state index contributed by atoms with van der Waals surface area (Å²) in [7, 11) is 0. The van der Waals surface area contributed by atoms with E-state index in [9.17, 15) is 9.18 Å². The lowest BCUT2D eigenvalue weighted by atomic mass is 10.1. The molecule has 1 unspecified atom stereocenters. The fourth-order valence-electron chi connectivity index (χ4n) is 4.40. The van der Waals surface area contributed by atoms with Crippen molar-refractivity contribution >= 4 is 34.0 Å². The summed E-state index contributed by atoms with van der Waals surface area (Å²) in [5.74, 6) is 1.06. The molecule has 0 aliphatic carbocycles. The van der Waals surface area contributed by atoms with Crippen molar-refractivity contribution in [1.82, 2.24) is 24.6 Å². The highest BCUT2D eigenvalue weighted by atomic mass is 19.1. The van der Waals surface area contributed by atoms with Gasteiger partial charge in [-0.1, -0.05) is 6.07 Å². The van der Waals surface area contributed by atoms with Crippen molar-refractivity contribution < 1.29 is 19.0 Å². The first-order chi connectivity index (χ1) is 18.1. The van der Waals surface area contributed by atoms with Gasteiger partial charge < -0.3 is 25.4 Å². The normalized spacial score (nSPS) is 15.7. The molecule has 37 heavy (non-hydrogen) atoms. The van der Waals surface area contributed by atoms with Gasteiger partial charge in [-0.15, -0.1) is 0 Å². The quantitative estimate of drug-likeness (QED) is 0.301. The number of nitrogens with zero attached hydrogens (tertiary/aromatic N) is 5. The minimum Gasteiger partial charge on any atom is -0.493 e. The van der Waals surface area contributed by atoms with Crippen molar-refractivity contribution in [1.29, 1.82) is 0 Å². The number of amides is 1. The summed E-state index contributed by atoms with van der Waals surface area (Å²) >= 11 is 0. The van der Waals surface area contributed by atoms with Gasteiger partial charge in [0.05, 0.1) is 30.6 Å². The van der Waals surface area contributed by atoms with Gasteiger partial charge in [-0.05, 0) is 43.3 Å². The molecule has 0 spiro atoms. The second-order valence-electron chi connectivity index (χ2n) is 9.00. The maximum Gasteiger partial charge on any atom is 0.246 e. The minimum absolute atomic E-state index is 0.0256. The zero-order valence-electron chi connectivity index (χ0n) is 20.2. The molecule has 3 N–H and O–H groups in total. The number of ether oxygens (including phenoxy) is 1. The van der Waals surface area contributed by atoms with Crippen LogP contribution < -0.4 is 15.4 Å². The van der Waals surface area contributed by atoms with Crippen LogP contribution in [0.25, 0.3) is 10.9 Å². The summed E-state index contributed by atoms with van der Waals surface area (Å²) in [4.78, 5) is 23.3. The van der Waals surface area contributed by atoms with Gasteiger partial charge in [0.2, 0.25) is 5.91 Å². The van der Waals surface area contributed by atoms with Gasteiger partial charge in [-0.3, -0.25) is 9.48 Å². The zero-order valence-corrected chi connectivity index (χ0v) is 20.2. The van der Waals surface area contributed by atoms with E-state index in [0.717, 1.165) is 36.2 Å². The number of likely N-dealkylation sites (tertiary alicyclic amines) is 1. The number of aliphatic hydroxyl groups is 1. The Labute approximate surface area is 213 Å². The fourth-order valence-corrected chi connectivity index (χ4v) is 4.40. The molecule has 10 nitrogen and oxygen atoms in total. The van der Waals surface area contributed by atoms with Gasteiger partial charge in [-0.2, -0.15) is 5.10 Å². The van der Waals surface area contributed by atoms with E-state index in [2.05, 4.69) is 30.6 Å². The summed E-state index contributed by atoms with van der Waals surface area (Å²) in [6, 6.07) is 11.4. The van der Waals surface area contributed by atoms with Crippen molar-refractivity contribution in [2.24, 2.45) is 5.92 Å². The number of fused-ring (bicyclic) bond motifs is 1. The van der Waals surface area contributed by atoms with Crippen LogP contribution >= 0.6 is 0 Å². The molecule has 2 aromatic heterocycles. The smallest absolute Gasteiger partial charge is 0.246 e. The maximum absolute atomic E-state index is 13.3. The van der Waals surface area contributed by atoms with Gasteiger partial charge in [0.15, 0.2) is 0 Å². The Morgan fingerprint density at radius 2 is 2.11 bits per heavy atom. The third-order valence-corrected chi connectivity index (χ3v) is 6.19. The Balaban J connectivity index is 1.19. The predicted octanol–water partition coefficient (Wildman–Crippen LogP) is 3.04. The molecule has 3 heterocycles. The highest BCUT2D eigenvalue weighted by Gasteiger charge is 2.22. The summed E-state index contributed by atoms with van der Waals surface area (Å²) in [5.41, 5.74) is 1.79. The number of anilines is 3. The first kappa shape index (κ1) is 24.6. The topological polar surface area (TPSA) is 117 Å². The van der Waals surface area contributed by atoms with E-state index in [1.54, 1.807) is 18.5 Å². The van der Waals surface area contributed by atoms with Crippen LogP contribution in [0.2, 0.25) is 0 Å². The SMILES string of the molecule is O=C(Cn1cc(Nc2ncnc3cc(OCC4CCN(CCO)C4)ccc23)cn1)Nc1cccc(F)c1. The number of β-amino-alcohol motifs (C(OH)–C–C–N with tert-alkyl or cyclic N) is 1. The Kier molecular flexibility index (Phi) is 7.52. The van der Waals surface area contributed by atoms with E-state index in [1.165, 1.54) is 29.2 Å². The highest BCUT2D eigenvalue weighted by molar-refractivity contribution is 5.92. The lowest BCUT2D eigenvalue weighted by Gasteiger charge is -2.15. The van der Waals surface area contributed by atoms with Crippen LogP contribution in [0.4, 0.5) is 21.6 Å². The Hall–Kier alpha value is -4.09. The maximum atomic E-state index is 13.3. The summed E-state index contributed by atoms with van der Waals surface area (Å²) in [5, 5.41) is 20.0. The van der Waals surface area contributed by atoms with E-state index in [-0.39, 0.29) is 19.1 Å². The average molecular weight is 506 g/mol. The van der Waals surface area contributed by atoms with Gasteiger partial charge in [0.1, 0.15) is 30.3 Å². The molecule has 192 valence electrons. The van der Waals surface area contributed by atoms with Gasteiger partial charge in [-0.25, -0.2) is 14.4 Å². The van der Waals surface area contributed by atoms with E-state index in [0.29, 0.717) is 36.3 Å². The standard InChI is InChI=1S/C26H28FN7O3/c27-19-2-1-3-20(10-19)31-25(36)15-34-14-21(12-30-34)32-26-23-5-4-22(11-24(23)28-17-29-26)37-16-18-6-7-33(13-18)8-9-35/h1-5,10-12,14,17-18,35H,6-9,13,15-16H2,(H,31,36)(H,28,29,32). The molecule has 1 aliphatic heterocycles. The number of benzene rings is 2. The van der Waals surface area contributed by atoms with Crippen molar-refractivity contribution in [3.8, 4) is 5.75 Å². The van der Waals surface area contributed by atoms with Crippen LogP contribution in [0, 0.1) is 11.7 Å². The summed E-state index contributed by atoms with van der Waals surface area (Å²) in [6.45, 7) is 3.41. The second-order valence-corrected chi connectivity index (χ2v) is 9.00. The lowest BCUT2D eigenvalue weighted by molar-refractivity contribution is -0.116. The van der Waals surface area contributed by atoms with Crippen LogP contribution in [-0.4, -0.2) is 68.5 Å².